The van der Waals surface area contributed by atoms with Crippen LogP contribution in [0.1, 0.15) is 34.1 Å². The Kier molecular flexibility index (Phi) is 6.88. The second-order valence-electron chi connectivity index (χ2n) is 6.78. The SMILES string of the molecule is COc1ccc([C@H](NC(=O)CSc2nc(C)c(C)c(C)n2)c2ccccc2)cc1. The number of aryl methyl sites for hydroxylation is 2. The van der Waals surface area contributed by atoms with Gasteiger partial charge in [-0.05, 0) is 49.6 Å². The summed E-state index contributed by atoms with van der Waals surface area (Å²) in [7, 11) is 1.64. The maximum absolute atomic E-state index is 12.7. The van der Waals surface area contributed by atoms with Crippen molar-refractivity contribution in [1.82, 2.24) is 15.3 Å². The monoisotopic (exact) mass is 407 g/mol. The molecule has 1 N–H and O–H groups in total. The average molecular weight is 408 g/mol. The molecule has 150 valence electrons. The summed E-state index contributed by atoms with van der Waals surface area (Å²) in [6.07, 6.45) is 0. The van der Waals surface area contributed by atoms with Gasteiger partial charge in [0, 0.05) is 11.4 Å². The lowest BCUT2D eigenvalue weighted by Crippen LogP contribution is -2.30. The molecule has 2 aromatic carbocycles. The molecule has 1 amide bonds. The molecule has 5 nitrogen and oxygen atoms in total. The van der Waals surface area contributed by atoms with E-state index in [-0.39, 0.29) is 17.7 Å². The lowest BCUT2D eigenvalue weighted by Gasteiger charge is -2.20. The first-order valence-corrected chi connectivity index (χ1v) is 10.4. The first kappa shape index (κ1) is 20.9. The number of hydrogen-bond acceptors (Lipinski definition) is 5. The number of carbonyl (C=O) groups excluding carboxylic acids is 1. The molecule has 6 heteroatoms. The van der Waals surface area contributed by atoms with Crippen LogP contribution in [0.2, 0.25) is 0 Å². The van der Waals surface area contributed by atoms with Crippen molar-refractivity contribution < 1.29 is 9.53 Å². The molecule has 1 aromatic heterocycles. The van der Waals surface area contributed by atoms with Crippen molar-refractivity contribution in [3.8, 4) is 5.75 Å². The van der Waals surface area contributed by atoms with Gasteiger partial charge in [0.05, 0.1) is 18.9 Å². The number of amides is 1. The van der Waals surface area contributed by atoms with Crippen molar-refractivity contribution in [1.29, 1.82) is 0 Å². The van der Waals surface area contributed by atoms with Crippen LogP contribution in [-0.2, 0) is 4.79 Å². The summed E-state index contributed by atoms with van der Waals surface area (Å²) in [4.78, 5) is 21.7. The molecule has 29 heavy (non-hydrogen) atoms. The Morgan fingerprint density at radius 3 is 2.14 bits per heavy atom. The largest absolute Gasteiger partial charge is 0.497 e. The van der Waals surface area contributed by atoms with Gasteiger partial charge in [0.15, 0.2) is 5.16 Å². The van der Waals surface area contributed by atoms with Gasteiger partial charge in [0.2, 0.25) is 5.91 Å². The van der Waals surface area contributed by atoms with Gasteiger partial charge in [-0.3, -0.25) is 4.79 Å². The third kappa shape index (κ3) is 5.35. The molecule has 0 aliphatic rings. The molecule has 0 saturated carbocycles. The zero-order valence-electron chi connectivity index (χ0n) is 17.1. The number of methoxy groups -OCH3 is 1. The topological polar surface area (TPSA) is 64.1 Å². The maximum atomic E-state index is 12.7. The minimum Gasteiger partial charge on any atom is -0.497 e. The fraction of sp³-hybridized carbons (Fsp3) is 0.261. The Morgan fingerprint density at radius 1 is 0.966 bits per heavy atom. The fourth-order valence-electron chi connectivity index (χ4n) is 2.94. The van der Waals surface area contributed by atoms with Gasteiger partial charge >= 0.3 is 0 Å². The summed E-state index contributed by atoms with van der Waals surface area (Å²) in [5, 5.41) is 3.77. The van der Waals surface area contributed by atoms with E-state index in [4.69, 9.17) is 4.74 Å². The van der Waals surface area contributed by atoms with E-state index in [1.54, 1.807) is 7.11 Å². The van der Waals surface area contributed by atoms with Crippen LogP contribution in [0.25, 0.3) is 0 Å². The predicted molar refractivity (Wildman–Crippen MR) is 116 cm³/mol. The smallest absolute Gasteiger partial charge is 0.231 e. The van der Waals surface area contributed by atoms with Crippen LogP contribution in [0.4, 0.5) is 0 Å². The first-order chi connectivity index (χ1) is 14.0. The van der Waals surface area contributed by atoms with Crippen LogP contribution < -0.4 is 10.1 Å². The Morgan fingerprint density at radius 2 is 1.55 bits per heavy atom. The third-order valence-corrected chi connectivity index (χ3v) is 5.68. The average Bonchev–Trinajstić information content (AvgIpc) is 2.75. The molecule has 0 aliphatic heterocycles. The first-order valence-electron chi connectivity index (χ1n) is 9.41. The zero-order valence-corrected chi connectivity index (χ0v) is 17.9. The van der Waals surface area contributed by atoms with E-state index in [1.165, 1.54) is 11.8 Å². The number of ether oxygens (including phenoxy) is 1. The lowest BCUT2D eigenvalue weighted by molar-refractivity contribution is -0.119. The van der Waals surface area contributed by atoms with E-state index in [9.17, 15) is 4.79 Å². The van der Waals surface area contributed by atoms with Gasteiger partial charge in [0.25, 0.3) is 0 Å². The normalized spacial score (nSPS) is 11.7. The minimum atomic E-state index is -0.238. The van der Waals surface area contributed by atoms with Gasteiger partial charge in [-0.25, -0.2) is 9.97 Å². The molecule has 1 atom stereocenters. The number of carbonyl (C=O) groups is 1. The van der Waals surface area contributed by atoms with E-state index >= 15 is 0 Å². The van der Waals surface area contributed by atoms with Crippen molar-refractivity contribution in [2.75, 3.05) is 12.9 Å². The summed E-state index contributed by atoms with van der Waals surface area (Å²) in [5.74, 6) is 0.963. The van der Waals surface area contributed by atoms with Crippen LogP contribution >= 0.6 is 11.8 Å². The number of rotatable bonds is 7. The molecule has 0 spiro atoms. The van der Waals surface area contributed by atoms with E-state index in [1.807, 2.05) is 75.4 Å². The van der Waals surface area contributed by atoms with Crippen molar-refractivity contribution in [3.05, 3.63) is 82.7 Å². The molecule has 0 unspecified atom stereocenters. The Balaban J connectivity index is 1.74. The van der Waals surface area contributed by atoms with Crippen molar-refractivity contribution >= 4 is 17.7 Å². The zero-order chi connectivity index (χ0) is 20.8. The highest BCUT2D eigenvalue weighted by molar-refractivity contribution is 7.99. The van der Waals surface area contributed by atoms with Gasteiger partial charge in [-0.2, -0.15) is 0 Å². The lowest BCUT2D eigenvalue weighted by atomic mass is 9.98. The maximum Gasteiger partial charge on any atom is 0.231 e. The van der Waals surface area contributed by atoms with Crippen LogP contribution in [0.5, 0.6) is 5.75 Å². The number of benzene rings is 2. The Hall–Kier alpha value is -2.86. The summed E-state index contributed by atoms with van der Waals surface area (Å²) in [5.41, 5.74) is 4.99. The number of aromatic nitrogens is 2. The minimum absolute atomic E-state index is 0.0702. The third-order valence-electron chi connectivity index (χ3n) is 4.83. The highest BCUT2D eigenvalue weighted by atomic mass is 32.2. The van der Waals surface area contributed by atoms with E-state index in [2.05, 4.69) is 15.3 Å². The number of thioether (sulfide) groups is 1. The molecule has 3 rings (SSSR count). The van der Waals surface area contributed by atoms with Crippen LogP contribution in [-0.4, -0.2) is 28.7 Å². The summed E-state index contributed by atoms with van der Waals surface area (Å²) in [6.45, 7) is 5.93. The highest BCUT2D eigenvalue weighted by Gasteiger charge is 2.17. The fourth-order valence-corrected chi connectivity index (χ4v) is 3.69. The highest BCUT2D eigenvalue weighted by Crippen LogP contribution is 2.25. The number of hydrogen-bond donors (Lipinski definition) is 1. The molecule has 0 bridgehead atoms. The van der Waals surface area contributed by atoms with Gasteiger partial charge in [0.1, 0.15) is 5.75 Å². The van der Waals surface area contributed by atoms with E-state index in [0.717, 1.165) is 33.8 Å². The molecule has 1 heterocycles. The Bertz CT molecular complexity index is 952. The summed E-state index contributed by atoms with van der Waals surface area (Å²) in [6, 6.07) is 17.4. The van der Waals surface area contributed by atoms with Crippen molar-refractivity contribution in [3.63, 3.8) is 0 Å². The standard InChI is InChI=1S/C23H25N3O2S/c1-15-16(2)24-23(25-17(15)3)29-14-21(27)26-22(18-8-6-5-7-9-18)19-10-12-20(28-4)13-11-19/h5-13,22H,14H2,1-4H3,(H,26,27)/t22-/m1/s1. The number of nitrogens with one attached hydrogen (secondary N) is 1. The molecule has 0 aliphatic carbocycles. The Labute approximate surface area is 175 Å². The summed E-state index contributed by atoms with van der Waals surface area (Å²) < 4.78 is 5.25. The van der Waals surface area contributed by atoms with E-state index in [0.29, 0.717) is 5.16 Å². The second-order valence-corrected chi connectivity index (χ2v) is 7.72. The molecular formula is C23H25N3O2S. The predicted octanol–water partition coefficient (Wildman–Crippen LogP) is 4.41. The van der Waals surface area contributed by atoms with Crippen LogP contribution in [0.3, 0.4) is 0 Å². The molecule has 0 radical (unpaired) electrons. The van der Waals surface area contributed by atoms with Gasteiger partial charge in [-0.1, -0.05) is 54.2 Å². The molecular weight excluding hydrogens is 382 g/mol. The van der Waals surface area contributed by atoms with Gasteiger partial charge < -0.3 is 10.1 Å². The molecule has 0 fully saturated rings. The van der Waals surface area contributed by atoms with Crippen molar-refractivity contribution in [2.24, 2.45) is 0 Å². The molecule has 3 aromatic rings. The summed E-state index contributed by atoms with van der Waals surface area (Å²) >= 11 is 1.35. The number of nitrogens with zero attached hydrogens (tertiary/aromatic N) is 2. The van der Waals surface area contributed by atoms with Crippen LogP contribution in [0, 0.1) is 20.8 Å². The van der Waals surface area contributed by atoms with Crippen LogP contribution in [0.15, 0.2) is 59.8 Å². The molecule has 0 saturated heterocycles. The van der Waals surface area contributed by atoms with E-state index < -0.39 is 0 Å². The van der Waals surface area contributed by atoms with Gasteiger partial charge in [-0.15, -0.1) is 0 Å². The van der Waals surface area contributed by atoms with Crippen molar-refractivity contribution in [2.45, 2.75) is 32.0 Å². The second kappa shape index (κ2) is 9.56. The quantitative estimate of drug-likeness (QED) is 0.464.